The minimum absolute atomic E-state index is 0.0956. The second-order valence-corrected chi connectivity index (χ2v) is 7.49. The molecule has 6 heteroatoms. The highest BCUT2D eigenvalue weighted by atomic mass is 16.3. The topological polar surface area (TPSA) is 64.0 Å². The van der Waals surface area contributed by atoms with Crippen LogP contribution >= 0.6 is 0 Å². The van der Waals surface area contributed by atoms with Gasteiger partial charge in [-0.1, -0.05) is 37.3 Å². The van der Waals surface area contributed by atoms with Gasteiger partial charge in [0.2, 0.25) is 0 Å². The van der Waals surface area contributed by atoms with E-state index < -0.39 is 0 Å². The van der Waals surface area contributed by atoms with Crippen LogP contribution in [0, 0.1) is 0 Å². The molecule has 0 spiro atoms. The number of carbonyl (C=O) groups is 1. The molecule has 0 aliphatic carbocycles. The monoisotopic (exact) mass is 380 g/mol. The molecule has 1 aliphatic heterocycles. The minimum atomic E-state index is 0.0956. The van der Waals surface area contributed by atoms with Crippen molar-refractivity contribution in [2.45, 2.75) is 19.9 Å². The summed E-state index contributed by atoms with van der Waals surface area (Å²) in [6, 6.07) is 15.9. The number of piperazine rings is 1. The largest absolute Gasteiger partial charge is 0.435 e. The van der Waals surface area contributed by atoms with Crippen molar-refractivity contribution in [2.24, 2.45) is 0 Å². The van der Waals surface area contributed by atoms with Crippen molar-refractivity contribution in [3.8, 4) is 0 Å². The lowest BCUT2D eigenvalue weighted by atomic mass is 10.1. The summed E-state index contributed by atoms with van der Waals surface area (Å²) in [6.07, 6.45) is 0.918. The third-order valence-electron chi connectivity index (χ3n) is 5.49. The third kappa shape index (κ3) is 4.40. The highest BCUT2D eigenvalue weighted by Gasteiger charge is 2.26. The number of oxazole rings is 1. The summed E-state index contributed by atoms with van der Waals surface area (Å²) in [5.41, 5.74) is 3.89. The Morgan fingerprint density at radius 1 is 1.04 bits per heavy atom. The number of benzene rings is 2. The van der Waals surface area contributed by atoms with Gasteiger partial charge in [0, 0.05) is 5.69 Å². The van der Waals surface area contributed by atoms with Crippen LogP contribution in [-0.4, -0.2) is 43.6 Å². The van der Waals surface area contributed by atoms with Crippen molar-refractivity contribution in [1.82, 2.24) is 4.98 Å². The number of rotatable bonds is 6. The number of fused-ring (bicyclic) bond motifs is 1. The summed E-state index contributed by atoms with van der Waals surface area (Å²) < 4.78 is 5.85. The third-order valence-corrected chi connectivity index (χ3v) is 5.49. The molecule has 0 radical (unpaired) electrons. The van der Waals surface area contributed by atoms with Gasteiger partial charge < -0.3 is 19.5 Å². The number of aryl methyl sites for hydroxylation is 1. The standard InChI is InChI=1S/C22H26N4O2/c1-2-17-7-3-4-8-18(17)23-21(27)15-25-11-13-26(14-12-25)16-22-24-19-9-5-6-10-20(19)28-22/h3-10H,2,11-16H2,1H3,(H,23,27)/p+2. The number of hydrogen-bond acceptors (Lipinski definition) is 3. The molecule has 3 N–H and O–H groups in total. The molecule has 146 valence electrons. The van der Waals surface area contributed by atoms with E-state index in [4.69, 9.17) is 4.42 Å². The average Bonchev–Trinajstić information content (AvgIpc) is 3.12. The van der Waals surface area contributed by atoms with Crippen molar-refractivity contribution in [3.63, 3.8) is 0 Å². The second-order valence-electron chi connectivity index (χ2n) is 7.49. The van der Waals surface area contributed by atoms with Crippen LogP contribution in [0.15, 0.2) is 52.9 Å². The van der Waals surface area contributed by atoms with Crippen LogP contribution in [0.3, 0.4) is 0 Å². The molecule has 28 heavy (non-hydrogen) atoms. The number of para-hydroxylation sites is 3. The minimum Gasteiger partial charge on any atom is -0.435 e. The molecule has 1 fully saturated rings. The van der Waals surface area contributed by atoms with E-state index >= 15 is 0 Å². The SMILES string of the molecule is CCc1ccccc1NC(=O)C[NH+]1CC[NH+](Cc2nc3ccccc3o2)CC1. The molecule has 6 nitrogen and oxygen atoms in total. The van der Waals surface area contributed by atoms with Crippen LogP contribution in [-0.2, 0) is 17.8 Å². The van der Waals surface area contributed by atoms with E-state index in [1.165, 1.54) is 15.4 Å². The molecule has 0 unspecified atom stereocenters. The van der Waals surface area contributed by atoms with Gasteiger partial charge in [-0.25, -0.2) is 4.98 Å². The molecule has 2 heterocycles. The van der Waals surface area contributed by atoms with Gasteiger partial charge in [0.25, 0.3) is 11.8 Å². The lowest BCUT2D eigenvalue weighted by Gasteiger charge is -2.28. The summed E-state index contributed by atoms with van der Waals surface area (Å²) in [5, 5.41) is 3.08. The number of aromatic nitrogens is 1. The van der Waals surface area contributed by atoms with Gasteiger partial charge >= 0.3 is 0 Å². The van der Waals surface area contributed by atoms with Crippen LogP contribution in [0.5, 0.6) is 0 Å². The Labute approximate surface area is 165 Å². The van der Waals surface area contributed by atoms with Crippen LogP contribution in [0.25, 0.3) is 11.1 Å². The van der Waals surface area contributed by atoms with Gasteiger partial charge in [0.15, 0.2) is 18.7 Å². The van der Waals surface area contributed by atoms with Gasteiger partial charge in [-0.05, 0) is 30.2 Å². The van der Waals surface area contributed by atoms with E-state index in [-0.39, 0.29) is 5.91 Å². The molecule has 1 aromatic heterocycles. The summed E-state index contributed by atoms with van der Waals surface area (Å²) in [7, 11) is 0. The molecule has 1 amide bonds. The summed E-state index contributed by atoms with van der Waals surface area (Å²) in [5.74, 6) is 0.895. The maximum atomic E-state index is 12.5. The quantitative estimate of drug-likeness (QED) is 0.577. The fourth-order valence-electron chi connectivity index (χ4n) is 3.89. The zero-order valence-corrected chi connectivity index (χ0v) is 16.3. The summed E-state index contributed by atoms with van der Waals surface area (Å²) >= 11 is 0. The highest BCUT2D eigenvalue weighted by molar-refractivity contribution is 5.92. The molecule has 1 aliphatic rings. The Morgan fingerprint density at radius 3 is 2.54 bits per heavy atom. The molecule has 4 rings (SSSR count). The Hall–Kier alpha value is -2.70. The predicted molar refractivity (Wildman–Crippen MR) is 108 cm³/mol. The van der Waals surface area contributed by atoms with E-state index in [1.807, 2.05) is 42.5 Å². The maximum Gasteiger partial charge on any atom is 0.279 e. The molecular weight excluding hydrogens is 352 g/mol. The molecule has 3 aromatic rings. The van der Waals surface area contributed by atoms with E-state index in [0.717, 1.165) is 61.8 Å². The number of hydrogen-bond donors (Lipinski definition) is 3. The van der Waals surface area contributed by atoms with E-state index in [1.54, 1.807) is 0 Å². The average molecular weight is 380 g/mol. The second kappa shape index (κ2) is 8.54. The zero-order chi connectivity index (χ0) is 19.3. The van der Waals surface area contributed by atoms with Gasteiger partial charge in [0.05, 0.1) is 0 Å². The molecule has 0 saturated carbocycles. The number of quaternary nitrogens is 2. The van der Waals surface area contributed by atoms with Crippen LogP contribution in [0.1, 0.15) is 18.4 Å². The number of carbonyl (C=O) groups excluding carboxylic acids is 1. The number of anilines is 1. The molecular formula is C22H28N4O2+2. The Balaban J connectivity index is 1.26. The van der Waals surface area contributed by atoms with Crippen molar-refractivity contribution >= 4 is 22.7 Å². The Morgan fingerprint density at radius 2 is 1.75 bits per heavy atom. The van der Waals surface area contributed by atoms with Gasteiger partial charge in [-0.15, -0.1) is 0 Å². The summed E-state index contributed by atoms with van der Waals surface area (Å²) in [6.45, 7) is 7.44. The van der Waals surface area contributed by atoms with E-state index in [9.17, 15) is 4.79 Å². The van der Waals surface area contributed by atoms with E-state index in [2.05, 4.69) is 23.3 Å². The fraction of sp³-hybridized carbons (Fsp3) is 0.364. The lowest BCUT2D eigenvalue weighted by molar-refractivity contribution is -1.02. The van der Waals surface area contributed by atoms with E-state index in [0.29, 0.717) is 6.54 Å². The lowest BCUT2D eigenvalue weighted by Crippen LogP contribution is -3.28. The number of amides is 1. The van der Waals surface area contributed by atoms with Crippen LogP contribution < -0.4 is 15.1 Å². The first-order valence-corrected chi connectivity index (χ1v) is 10.1. The van der Waals surface area contributed by atoms with Gasteiger partial charge in [0.1, 0.15) is 31.7 Å². The first kappa shape index (κ1) is 18.7. The number of nitrogens with one attached hydrogen (secondary N) is 3. The first-order chi connectivity index (χ1) is 13.7. The maximum absolute atomic E-state index is 12.5. The first-order valence-electron chi connectivity index (χ1n) is 10.1. The van der Waals surface area contributed by atoms with Crippen molar-refractivity contribution in [2.75, 3.05) is 38.0 Å². The molecule has 0 atom stereocenters. The number of nitrogens with zero attached hydrogens (tertiary/aromatic N) is 1. The highest BCUT2D eigenvalue weighted by Crippen LogP contribution is 2.15. The zero-order valence-electron chi connectivity index (χ0n) is 16.3. The summed E-state index contributed by atoms with van der Waals surface area (Å²) in [4.78, 5) is 19.8. The van der Waals surface area contributed by atoms with Gasteiger partial charge in [-0.2, -0.15) is 0 Å². The normalized spacial score (nSPS) is 19.6. The van der Waals surface area contributed by atoms with Crippen molar-refractivity contribution < 1.29 is 19.0 Å². The molecule has 0 bridgehead atoms. The molecule has 1 saturated heterocycles. The van der Waals surface area contributed by atoms with Crippen molar-refractivity contribution in [3.05, 3.63) is 60.0 Å². The van der Waals surface area contributed by atoms with Crippen LogP contribution in [0.4, 0.5) is 5.69 Å². The smallest absolute Gasteiger partial charge is 0.279 e. The van der Waals surface area contributed by atoms with Crippen molar-refractivity contribution in [1.29, 1.82) is 0 Å². The Kier molecular flexibility index (Phi) is 5.69. The van der Waals surface area contributed by atoms with Crippen LogP contribution in [0.2, 0.25) is 0 Å². The molecule has 2 aromatic carbocycles. The van der Waals surface area contributed by atoms with Gasteiger partial charge in [-0.3, -0.25) is 4.79 Å². The Bertz CT molecular complexity index is 911. The fourth-order valence-corrected chi connectivity index (χ4v) is 3.89. The predicted octanol–water partition coefficient (Wildman–Crippen LogP) is 0.312.